The number of hydrogen-bond acceptors (Lipinski definition) is 1. The van der Waals surface area contributed by atoms with Crippen LogP contribution in [0.3, 0.4) is 0 Å². The fraction of sp³-hybridized carbons (Fsp3) is 0. The predicted octanol–water partition coefficient (Wildman–Crippen LogP) is 13.9. The predicted molar refractivity (Wildman–Crippen MR) is 221 cm³/mol. The molecule has 0 aliphatic rings. The van der Waals surface area contributed by atoms with Gasteiger partial charge < -0.3 is 9.47 Å². The molecule has 52 heavy (non-hydrogen) atoms. The highest BCUT2D eigenvalue weighted by atomic mass is 15.1. The first-order valence-corrected chi connectivity index (χ1v) is 17.9. The number of nitrogens with zero attached hydrogens (tertiary/aromatic N) is 2. The summed E-state index contributed by atoms with van der Waals surface area (Å²) in [6, 6.07) is 74.7. The molecule has 0 aliphatic carbocycles. The van der Waals surface area contributed by atoms with E-state index in [1.54, 1.807) is 0 Å². The van der Waals surface area contributed by atoms with E-state index in [9.17, 15) is 0 Å². The Labute approximate surface area is 303 Å². The summed E-state index contributed by atoms with van der Waals surface area (Å²) in [5.74, 6) is 0. The lowest BCUT2D eigenvalue weighted by Crippen LogP contribution is -2.12. The van der Waals surface area contributed by atoms with E-state index in [1.807, 2.05) is 0 Å². The zero-order valence-electron chi connectivity index (χ0n) is 28.5. The molecule has 2 nitrogen and oxygen atoms in total. The van der Waals surface area contributed by atoms with Crippen molar-refractivity contribution in [2.75, 3.05) is 4.90 Å². The number of anilines is 3. The molecule has 0 aliphatic heterocycles. The molecule has 0 spiro atoms. The van der Waals surface area contributed by atoms with Crippen LogP contribution < -0.4 is 4.90 Å². The van der Waals surface area contributed by atoms with Gasteiger partial charge in [0.1, 0.15) is 0 Å². The van der Waals surface area contributed by atoms with Crippen molar-refractivity contribution < 1.29 is 0 Å². The van der Waals surface area contributed by atoms with Crippen LogP contribution in [0.2, 0.25) is 0 Å². The summed E-state index contributed by atoms with van der Waals surface area (Å²) in [6.45, 7) is 0. The molecule has 1 heterocycles. The number of para-hydroxylation sites is 3. The van der Waals surface area contributed by atoms with Crippen molar-refractivity contribution in [1.82, 2.24) is 4.57 Å². The largest absolute Gasteiger partial charge is 0.309 e. The van der Waals surface area contributed by atoms with Gasteiger partial charge in [0.05, 0.1) is 22.4 Å². The number of rotatable bonds is 6. The Kier molecular flexibility index (Phi) is 7.18. The van der Waals surface area contributed by atoms with E-state index < -0.39 is 0 Å². The number of benzene rings is 9. The first-order valence-electron chi connectivity index (χ1n) is 17.9. The van der Waals surface area contributed by atoms with E-state index in [-0.39, 0.29) is 0 Å². The highest BCUT2D eigenvalue weighted by Gasteiger charge is 2.22. The van der Waals surface area contributed by atoms with Crippen molar-refractivity contribution in [3.63, 3.8) is 0 Å². The zero-order valence-corrected chi connectivity index (χ0v) is 28.5. The fourth-order valence-electron chi connectivity index (χ4n) is 8.06. The van der Waals surface area contributed by atoms with Crippen molar-refractivity contribution >= 4 is 60.4 Å². The van der Waals surface area contributed by atoms with Crippen LogP contribution >= 0.6 is 0 Å². The smallest absolute Gasteiger partial charge is 0.0625 e. The monoisotopic (exact) mass is 662 g/mol. The molecule has 9 aromatic carbocycles. The Balaban J connectivity index is 1.27. The van der Waals surface area contributed by atoms with Crippen LogP contribution in [0.5, 0.6) is 0 Å². The van der Waals surface area contributed by atoms with Gasteiger partial charge in [-0.3, -0.25) is 0 Å². The minimum absolute atomic E-state index is 1.10. The first-order chi connectivity index (χ1) is 25.8. The van der Waals surface area contributed by atoms with Crippen molar-refractivity contribution in [3.05, 3.63) is 206 Å². The van der Waals surface area contributed by atoms with Gasteiger partial charge in [-0.15, -0.1) is 0 Å². The van der Waals surface area contributed by atoms with E-state index >= 15 is 0 Å². The van der Waals surface area contributed by atoms with Crippen LogP contribution in [0.25, 0.3) is 71.3 Å². The van der Waals surface area contributed by atoms with E-state index in [2.05, 4.69) is 216 Å². The molecule has 0 saturated carbocycles. The third-order valence-corrected chi connectivity index (χ3v) is 10.3. The Bertz CT molecular complexity index is 2900. The molecule has 0 atom stereocenters. The normalized spacial score (nSPS) is 11.5. The van der Waals surface area contributed by atoms with Crippen molar-refractivity contribution in [2.24, 2.45) is 0 Å². The lowest BCUT2D eigenvalue weighted by molar-refractivity contribution is 1.19. The molecule has 0 fully saturated rings. The molecule has 0 bridgehead atoms. The SMILES string of the molecule is c1ccc(-c2ccccc2N(c2cccc(-c3cc4ccccc4c4c3c3ccccc3n4-c3ccccc3)c2)c2cccc3ccccc23)cc1. The van der Waals surface area contributed by atoms with E-state index in [0.29, 0.717) is 0 Å². The summed E-state index contributed by atoms with van der Waals surface area (Å²) in [4.78, 5) is 2.44. The third-order valence-electron chi connectivity index (χ3n) is 10.3. The Hall–Kier alpha value is -6.90. The second-order valence-electron chi connectivity index (χ2n) is 13.3. The second-order valence-corrected chi connectivity index (χ2v) is 13.3. The highest BCUT2D eigenvalue weighted by Crippen LogP contribution is 2.46. The van der Waals surface area contributed by atoms with Gasteiger partial charge in [0.2, 0.25) is 0 Å². The Morgan fingerprint density at radius 3 is 1.81 bits per heavy atom. The molecule has 0 amide bonds. The Morgan fingerprint density at radius 1 is 0.365 bits per heavy atom. The van der Waals surface area contributed by atoms with Gasteiger partial charge in [0, 0.05) is 38.5 Å². The van der Waals surface area contributed by atoms with E-state index in [0.717, 1.165) is 22.7 Å². The molecule has 244 valence electrons. The van der Waals surface area contributed by atoms with Crippen LogP contribution in [0.1, 0.15) is 0 Å². The quantitative estimate of drug-likeness (QED) is 0.172. The molecular formula is C50H34N2. The van der Waals surface area contributed by atoms with Gasteiger partial charge in [-0.05, 0) is 76.0 Å². The molecule has 2 heteroatoms. The van der Waals surface area contributed by atoms with Crippen LogP contribution in [0.15, 0.2) is 206 Å². The molecule has 10 rings (SSSR count). The minimum atomic E-state index is 1.10. The standard InChI is InChI=1S/C50H34N2/c1-3-17-35(18-4-1)41-27-11-13-30-46(41)51(47-32-16-21-36-19-7-9-26-42(36)47)40-25-15-22-37(33-40)45-34-38-20-8-10-28-43(38)50-49(45)44-29-12-14-31-48(44)52(50)39-23-5-2-6-24-39/h1-34H. The van der Waals surface area contributed by atoms with Crippen LogP contribution in [-0.4, -0.2) is 4.57 Å². The molecule has 1 aromatic heterocycles. The lowest BCUT2D eigenvalue weighted by Gasteiger charge is -2.29. The first kappa shape index (κ1) is 30.0. The zero-order chi connectivity index (χ0) is 34.4. The molecule has 10 aromatic rings. The van der Waals surface area contributed by atoms with Gasteiger partial charge in [-0.1, -0.05) is 158 Å². The summed E-state index contributed by atoms with van der Waals surface area (Å²) in [6.07, 6.45) is 0. The fourth-order valence-corrected chi connectivity index (χ4v) is 8.06. The maximum absolute atomic E-state index is 2.44. The lowest BCUT2D eigenvalue weighted by atomic mass is 9.94. The maximum Gasteiger partial charge on any atom is 0.0625 e. The average molecular weight is 663 g/mol. The second kappa shape index (κ2) is 12.5. The van der Waals surface area contributed by atoms with Gasteiger partial charge >= 0.3 is 0 Å². The summed E-state index contributed by atoms with van der Waals surface area (Å²) in [7, 11) is 0. The molecule has 0 saturated heterocycles. The van der Waals surface area contributed by atoms with E-state index in [4.69, 9.17) is 0 Å². The number of fused-ring (bicyclic) bond motifs is 6. The van der Waals surface area contributed by atoms with Crippen LogP contribution in [0, 0.1) is 0 Å². The summed E-state index contributed by atoms with van der Waals surface area (Å²) >= 11 is 0. The highest BCUT2D eigenvalue weighted by molar-refractivity contribution is 6.24. The number of hydrogen-bond donors (Lipinski definition) is 0. The molecular weight excluding hydrogens is 629 g/mol. The van der Waals surface area contributed by atoms with Gasteiger partial charge in [-0.2, -0.15) is 0 Å². The maximum atomic E-state index is 2.44. The third kappa shape index (κ3) is 4.88. The average Bonchev–Trinajstić information content (AvgIpc) is 3.57. The van der Waals surface area contributed by atoms with Crippen LogP contribution in [-0.2, 0) is 0 Å². The summed E-state index contributed by atoms with van der Waals surface area (Å²) in [5, 5.41) is 7.38. The van der Waals surface area contributed by atoms with Gasteiger partial charge in [0.15, 0.2) is 0 Å². The van der Waals surface area contributed by atoms with Crippen LogP contribution in [0.4, 0.5) is 17.1 Å². The molecule has 0 radical (unpaired) electrons. The van der Waals surface area contributed by atoms with Gasteiger partial charge in [-0.25, -0.2) is 0 Å². The number of aromatic nitrogens is 1. The topological polar surface area (TPSA) is 8.17 Å². The summed E-state index contributed by atoms with van der Waals surface area (Å²) in [5.41, 5.74) is 11.7. The Morgan fingerprint density at radius 2 is 0.962 bits per heavy atom. The molecule has 0 N–H and O–H groups in total. The van der Waals surface area contributed by atoms with Crippen molar-refractivity contribution in [1.29, 1.82) is 0 Å². The van der Waals surface area contributed by atoms with Crippen molar-refractivity contribution in [2.45, 2.75) is 0 Å². The van der Waals surface area contributed by atoms with E-state index in [1.165, 1.54) is 65.6 Å². The minimum Gasteiger partial charge on any atom is -0.309 e. The van der Waals surface area contributed by atoms with Gasteiger partial charge in [0.25, 0.3) is 0 Å². The van der Waals surface area contributed by atoms with Crippen molar-refractivity contribution in [3.8, 4) is 27.9 Å². The summed E-state index contributed by atoms with van der Waals surface area (Å²) < 4.78 is 2.44. The molecule has 0 unspecified atom stereocenters.